The van der Waals surface area contributed by atoms with Crippen molar-refractivity contribution in [2.75, 3.05) is 21.3 Å². The fourth-order valence-electron chi connectivity index (χ4n) is 2.92. The van der Waals surface area contributed by atoms with Crippen molar-refractivity contribution < 1.29 is 9.18 Å². The lowest BCUT2D eigenvalue weighted by molar-refractivity contribution is -0.116. The molecule has 0 aliphatic heterocycles. The molecule has 0 spiro atoms. The molecule has 0 aliphatic rings. The molecule has 0 unspecified atom stereocenters. The number of halogens is 1. The van der Waals surface area contributed by atoms with Crippen LogP contribution in [0.4, 0.5) is 39.3 Å². The van der Waals surface area contributed by atoms with Crippen LogP contribution in [-0.4, -0.2) is 26.9 Å². The number of rotatable bonds is 8. The van der Waals surface area contributed by atoms with Gasteiger partial charge in [-0.3, -0.25) is 4.79 Å². The molecule has 0 saturated heterocycles. The molecule has 3 aromatic carbocycles. The highest BCUT2D eigenvalue weighted by molar-refractivity contribution is 5.96. The van der Waals surface area contributed by atoms with Crippen LogP contribution in [0.5, 0.6) is 0 Å². The number of nitrogens with one attached hydrogen (secondary N) is 4. The second-order valence-electron chi connectivity index (χ2n) is 7.12. The maximum atomic E-state index is 13.9. The summed E-state index contributed by atoms with van der Waals surface area (Å²) >= 11 is 0. The number of benzene rings is 3. The van der Waals surface area contributed by atoms with E-state index in [0.717, 1.165) is 11.4 Å². The Bertz CT molecular complexity index is 1160. The first-order valence-corrected chi connectivity index (χ1v) is 10.3. The third-order valence-corrected chi connectivity index (χ3v) is 4.57. The molecule has 0 radical (unpaired) electrons. The van der Waals surface area contributed by atoms with Crippen molar-refractivity contribution in [2.45, 2.75) is 13.0 Å². The van der Waals surface area contributed by atoms with Crippen molar-refractivity contribution in [1.29, 1.82) is 0 Å². The Kier molecular flexibility index (Phi) is 6.70. The van der Waals surface area contributed by atoms with Gasteiger partial charge in [0.05, 0.1) is 5.69 Å². The Hall–Kier alpha value is -4.53. The van der Waals surface area contributed by atoms with Gasteiger partial charge in [0.25, 0.3) is 0 Å². The number of para-hydroxylation sites is 3. The molecule has 4 aromatic rings. The van der Waals surface area contributed by atoms with E-state index in [1.165, 1.54) is 12.1 Å². The predicted molar refractivity (Wildman–Crippen MR) is 127 cm³/mol. The van der Waals surface area contributed by atoms with Gasteiger partial charge in [-0.25, -0.2) is 4.39 Å². The van der Waals surface area contributed by atoms with Gasteiger partial charge < -0.3 is 21.3 Å². The molecule has 8 nitrogen and oxygen atoms in total. The molecule has 33 heavy (non-hydrogen) atoms. The van der Waals surface area contributed by atoms with Crippen LogP contribution in [0, 0.1) is 5.82 Å². The maximum absolute atomic E-state index is 13.9. The molecule has 1 heterocycles. The molecular formula is C24H22FN7O. The molecule has 1 aromatic heterocycles. The van der Waals surface area contributed by atoms with Crippen molar-refractivity contribution in [3.05, 3.63) is 90.7 Å². The van der Waals surface area contributed by atoms with Gasteiger partial charge in [0, 0.05) is 11.4 Å². The first kappa shape index (κ1) is 21.7. The summed E-state index contributed by atoms with van der Waals surface area (Å²) in [5.74, 6) is -0.187. The molecule has 0 saturated carbocycles. The summed E-state index contributed by atoms with van der Waals surface area (Å²) < 4.78 is 13.9. The Morgan fingerprint density at radius 3 is 1.76 bits per heavy atom. The fourth-order valence-corrected chi connectivity index (χ4v) is 2.92. The van der Waals surface area contributed by atoms with E-state index in [0.29, 0.717) is 11.9 Å². The number of amides is 1. The summed E-state index contributed by atoms with van der Waals surface area (Å²) in [6.07, 6.45) is 0. The Morgan fingerprint density at radius 2 is 1.21 bits per heavy atom. The lowest BCUT2D eigenvalue weighted by Crippen LogP contribution is -2.33. The standard InChI is InChI=1S/C24H22FN7O/c1-16(21(33)29-20-15-9-8-14-19(20)25)26-22-30-23(27-17-10-4-2-5-11-17)32-24(31-22)28-18-12-6-3-7-13-18/h2-16H,1H3,(H,29,33)(H3,26,27,28,30,31,32)/t16-/m1/s1. The minimum atomic E-state index is -0.749. The van der Waals surface area contributed by atoms with Gasteiger partial charge >= 0.3 is 0 Å². The van der Waals surface area contributed by atoms with Crippen LogP contribution in [-0.2, 0) is 4.79 Å². The summed E-state index contributed by atoms with van der Waals surface area (Å²) in [6.45, 7) is 1.63. The van der Waals surface area contributed by atoms with Crippen molar-refractivity contribution in [3.8, 4) is 0 Å². The average Bonchev–Trinajstić information content (AvgIpc) is 2.81. The Balaban J connectivity index is 1.55. The summed E-state index contributed by atoms with van der Waals surface area (Å²) in [6, 6.07) is 24.1. The highest BCUT2D eigenvalue weighted by atomic mass is 19.1. The maximum Gasteiger partial charge on any atom is 0.246 e. The van der Waals surface area contributed by atoms with E-state index < -0.39 is 17.8 Å². The van der Waals surface area contributed by atoms with Crippen LogP contribution >= 0.6 is 0 Å². The van der Waals surface area contributed by atoms with Gasteiger partial charge in [-0.15, -0.1) is 0 Å². The molecule has 4 N–H and O–H groups in total. The van der Waals surface area contributed by atoms with E-state index in [-0.39, 0.29) is 11.6 Å². The normalized spacial score (nSPS) is 11.3. The molecule has 0 aliphatic carbocycles. The highest BCUT2D eigenvalue weighted by Gasteiger charge is 2.17. The van der Waals surface area contributed by atoms with Crippen LogP contribution in [0.2, 0.25) is 0 Å². The Labute approximate surface area is 190 Å². The largest absolute Gasteiger partial charge is 0.342 e. The third-order valence-electron chi connectivity index (χ3n) is 4.57. The summed E-state index contributed by atoms with van der Waals surface area (Å²) in [4.78, 5) is 25.8. The van der Waals surface area contributed by atoms with Crippen LogP contribution in [0.1, 0.15) is 6.92 Å². The average molecular weight is 443 g/mol. The molecular weight excluding hydrogens is 421 g/mol. The van der Waals surface area contributed by atoms with Gasteiger partial charge in [0.1, 0.15) is 11.9 Å². The third kappa shape index (κ3) is 6.01. The summed E-state index contributed by atoms with van der Waals surface area (Å²) in [7, 11) is 0. The Morgan fingerprint density at radius 1 is 0.727 bits per heavy atom. The van der Waals surface area contributed by atoms with E-state index in [2.05, 4.69) is 36.2 Å². The minimum absolute atomic E-state index is 0.102. The molecule has 0 fully saturated rings. The number of carbonyl (C=O) groups excluding carboxylic acids is 1. The molecule has 1 amide bonds. The first-order valence-electron chi connectivity index (χ1n) is 10.3. The second kappa shape index (κ2) is 10.2. The predicted octanol–water partition coefficient (Wildman–Crippen LogP) is 4.94. The number of aromatic nitrogens is 3. The van der Waals surface area contributed by atoms with E-state index in [9.17, 15) is 9.18 Å². The van der Waals surface area contributed by atoms with Gasteiger partial charge in [-0.05, 0) is 43.3 Å². The van der Waals surface area contributed by atoms with Crippen molar-refractivity contribution in [3.63, 3.8) is 0 Å². The quantitative estimate of drug-likeness (QED) is 0.306. The number of anilines is 6. The van der Waals surface area contributed by atoms with Crippen LogP contribution in [0.25, 0.3) is 0 Å². The SMILES string of the molecule is C[C@@H](Nc1nc(Nc2ccccc2)nc(Nc2ccccc2)n1)C(=O)Nc1ccccc1F. The second-order valence-corrected chi connectivity index (χ2v) is 7.12. The molecule has 1 atom stereocenters. The number of hydrogen-bond donors (Lipinski definition) is 4. The van der Waals surface area contributed by atoms with Crippen molar-refractivity contribution in [1.82, 2.24) is 15.0 Å². The minimum Gasteiger partial charge on any atom is -0.342 e. The van der Waals surface area contributed by atoms with Crippen LogP contribution in [0.3, 0.4) is 0 Å². The van der Waals surface area contributed by atoms with E-state index in [4.69, 9.17) is 0 Å². The molecule has 166 valence electrons. The van der Waals surface area contributed by atoms with Gasteiger partial charge in [-0.2, -0.15) is 15.0 Å². The van der Waals surface area contributed by atoms with Gasteiger partial charge in [0.2, 0.25) is 23.8 Å². The van der Waals surface area contributed by atoms with E-state index in [1.54, 1.807) is 19.1 Å². The van der Waals surface area contributed by atoms with Gasteiger partial charge in [0.15, 0.2) is 0 Å². The van der Waals surface area contributed by atoms with Gasteiger partial charge in [-0.1, -0.05) is 48.5 Å². The zero-order chi connectivity index (χ0) is 23.0. The summed E-state index contributed by atoms with van der Waals surface area (Å²) in [5, 5.41) is 11.8. The van der Waals surface area contributed by atoms with E-state index in [1.807, 2.05) is 60.7 Å². The van der Waals surface area contributed by atoms with Crippen LogP contribution < -0.4 is 21.3 Å². The lowest BCUT2D eigenvalue weighted by Gasteiger charge is -2.16. The van der Waals surface area contributed by atoms with Crippen molar-refractivity contribution in [2.24, 2.45) is 0 Å². The molecule has 9 heteroatoms. The number of hydrogen-bond acceptors (Lipinski definition) is 7. The molecule has 0 bridgehead atoms. The van der Waals surface area contributed by atoms with Crippen LogP contribution in [0.15, 0.2) is 84.9 Å². The zero-order valence-corrected chi connectivity index (χ0v) is 17.8. The summed E-state index contributed by atoms with van der Waals surface area (Å²) in [5.41, 5.74) is 1.70. The molecule has 4 rings (SSSR count). The zero-order valence-electron chi connectivity index (χ0n) is 17.8. The van der Waals surface area contributed by atoms with E-state index >= 15 is 0 Å². The monoisotopic (exact) mass is 443 g/mol. The highest BCUT2D eigenvalue weighted by Crippen LogP contribution is 2.19. The number of carbonyl (C=O) groups is 1. The topological polar surface area (TPSA) is 104 Å². The number of nitrogens with zero attached hydrogens (tertiary/aromatic N) is 3. The fraction of sp³-hybridized carbons (Fsp3) is 0.0833. The smallest absolute Gasteiger partial charge is 0.246 e. The van der Waals surface area contributed by atoms with Crippen molar-refractivity contribution >= 4 is 40.8 Å². The first-order chi connectivity index (χ1) is 16.1. The lowest BCUT2D eigenvalue weighted by atomic mass is 10.2.